The molecule has 5 nitrogen and oxygen atoms in total. The monoisotopic (exact) mass is 267 g/mol. The van der Waals surface area contributed by atoms with Crippen LogP contribution < -0.4 is 14.8 Å². The average molecular weight is 267 g/mol. The molecule has 19 heavy (non-hydrogen) atoms. The van der Waals surface area contributed by atoms with Crippen molar-refractivity contribution in [3.05, 3.63) is 24.3 Å². The van der Waals surface area contributed by atoms with Crippen LogP contribution >= 0.6 is 0 Å². The molecule has 5 heteroatoms. The van der Waals surface area contributed by atoms with Gasteiger partial charge >= 0.3 is 5.97 Å². The van der Waals surface area contributed by atoms with Crippen molar-refractivity contribution in [2.24, 2.45) is 0 Å². The highest BCUT2D eigenvalue weighted by atomic mass is 16.5. The van der Waals surface area contributed by atoms with Gasteiger partial charge in [-0.2, -0.15) is 0 Å². The average Bonchev–Trinajstić information content (AvgIpc) is 2.38. The predicted octanol–water partition coefficient (Wildman–Crippen LogP) is 1.92. The third kappa shape index (κ3) is 4.13. The van der Waals surface area contributed by atoms with Crippen LogP contribution in [0.15, 0.2) is 24.3 Å². The largest absolute Gasteiger partial charge is 0.497 e. The molecule has 0 saturated carbocycles. The second kappa shape index (κ2) is 6.43. The SMILES string of the molecule is CNC(C)(CC(C)Oc1cccc(OC)c1)C(=O)O. The number of nitrogens with one attached hydrogen (secondary N) is 1. The van der Waals surface area contributed by atoms with Crippen LogP contribution in [0, 0.1) is 0 Å². The van der Waals surface area contributed by atoms with Gasteiger partial charge in [-0.1, -0.05) is 6.07 Å². The highest BCUT2D eigenvalue weighted by Gasteiger charge is 2.33. The Labute approximate surface area is 113 Å². The maximum Gasteiger partial charge on any atom is 0.323 e. The molecule has 0 aliphatic rings. The lowest BCUT2D eigenvalue weighted by molar-refractivity contribution is -0.145. The van der Waals surface area contributed by atoms with Crippen molar-refractivity contribution in [3.63, 3.8) is 0 Å². The number of likely N-dealkylation sites (N-methyl/N-ethyl adjacent to an activating group) is 1. The van der Waals surface area contributed by atoms with Crippen molar-refractivity contribution in [2.75, 3.05) is 14.2 Å². The van der Waals surface area contributed by atoms with Gasteiger partial charge in [0.1, 0.15) is 17.0 Å². The van der Waals surface area contributed by atoms with Crippen LogP contribution in [0.2, 0.25) is 0 Å². The molecule has 0 spiro atoms. The van der Waals surface area contributed by atoms with Gasteiger partial charge < -0.3 is 19.9 Å². The second-order valence-corrected chi connectivity index (χ2v) is 4.70. The summed E-state index contributed by atoms with van der Waals surface area (Å²) >= 11 is 0. The molecule has 0 fully saturated rings. The van der Waals surface area contributed by atoms with E-state index in [1.165, 1.54) is 0 Å². The minimum Gasteiger partial charge on any atom is -0.497 e. The molecule has 0 bridgehead atoms. The van der Waals surface area contributed by atoms with Crippen LogP contribution in [0.1, 0.15) is 20.3 Å². The van der Waals surface area contributed by atoms with Gasteiger partial charge in [0.25, 0.3) is 0 Å². The third-order valence-electron chi connectivity index (χ3n) is 3.10. The number of hydrogen-bond acceptors (Lipinski definition) is 4. The summed E-state index contributed by atoms with van der Waals surface area (Å²) in [6.45, 7) is 3.48. The highest BCUT2D eigenvalue weighted by molar-refractivity contribution is 5.78. The summed E-state index contributed by atoms with van der Waals surface area (Å²) in [6.07, 6.45) is 0.122. The summed E-state index contributed by atoms with van der Waals surface area (Å²) in [5.74, 6) is 0.478. The Hall–Kier alpha value is -1.75. The molecule has 1 rings (SSSR count). The molecule has 0 heterocycles. The molecule has 0 radical (unpaired) electrons. The Kier molecular flexibility index (Phi) is 5.18. The number of carboxylic acid groups (broad SMARTS) is 1. The van der Waals surface area contributed by atoms with Gasteiger partial charge in [0, 0.05) is 12.5 Å². The first kappa shape index (κ1) is 15.3. The number of ether oxygens (including phenoxy) is 2. The predicted molar refractivity (Wildman–Crippen MR) is 72.8 cm³/mol. The molecule has 2 N–H and O–H groups in total. The fraction of sp³-hybridized carbons (Fsp3) is 0.500. The summed E-state index contributed by atoms with van der Waals surface area (Å²) in [7, 11) is 3.22. The fourth-order valence-electron chi connectivity index (χ4n) is 1.82. The van der Waals surface area contributed by atoms with E-state index in [9.17, 15) is 9.90 Å². The lowest BCUT2D eigenvalue weighted by atomic mass is 9.95. The fourth-order valence-corrected chi connectivity index (χ4v) is 1.82. The van der Waals surface area contributed by atoms with Crippen LogP contribution in [-0.2, 0) is 4.79 Å². The number of methoxy groups -OCH3 is 1. The number of benzene rings is 1. The molecular formula is C14H21NO4. The van der Waals surface area contributed by atoms with Gasteiger partial charge in [-0.15, -0.1) is 0 Å². The Morgan fingerprint density at radius 2 is 2.11 bits per heavy atom. The van der Waals surface area contributed by atoms with Crippen LogP contribution in [0.4, 0.5) is 0 Å². The number of carboxylic acids is 1. The van der Waals surface area contributed by atoms with Gasteiger partial charge in [0.15, 0.2) is 0 Å². The highest BCUT2D eigenvalue weighted by Crippen LogP contribution is 2.22. The van der Waals surface area contributed by atoms with Gasteiger partial charge in [-0.25, -0.2) is 0 Å². The van der Waals surface area contributed by atoms with Gasteiger partial charge in [-0.05, 0) is 33.0 Å². The molecule has 1 aromatic rings. The molecular weight excluding hydrogens is 246 g/mol. The summed E-state index contributed by atoms with van der Waals surface area (Å²) < 4.78 is 10.8. The van der Waals surface area contributed by atoms with E-state index in [0.29, 0.717) is 17.9 Å². The smallest absolute Gasteiger partial charge is 0.323 e. The second-order valence-electron chi connectivity index (χ2n) is 4.70. The van der Waals surface area contributed by atoms with Crippen molar-refractivity contribution in [3.8, 4) is 11.5 Å². The molecule has 2 unspecified atom stereocenters. The van der Waals surface area contributed by atoms with Crippen LogP contribution in [0.25, 0.3) is 0 Å². The molecule has 0 aliphatic heterocycles. The van der Waals surface area contributed by atoms with Crippen molar-refractivity contribution in [2.45, 2.75) is 31.9 Å². The lowest BCUT2D eigenvalue weighted by Gasteiger charge is -2.27. The molecule has 0 saturated heterocycles. The summed E-state index contributed by atoms with van der Waals surface area (Å²) in [4.78, 5) is 11.2. The molecule has 0 aliphatic carbocycles. The quantitative estimate of drug-likeness (QED) is 0.790. The molecule has 106 valence electrons. The van der Waals surface area contributed by atoms with E-state index < -0.39 is 11.5 Å². The van der Waals surface area contributed by atoms with E-state index in [0.717, 1.165) is 0 Å². The minimum absolute atomic E-state index is 0.236. The molecule has 1 aromatic carbocycles. The summed E-state index contributed by atoms with van der Waals surface area (Å²) in [5.41, 5.74) is -1.00. The Morgan fingerprint density at radius 1 is 1.47 bits per heavy atom. The Balaban J connectivity index is 2.69. The van der Waals surface area contributed by atoms with Crippen LogP contribution in [0.3, 0.4) is 0 Å². The standard InChI is InChI=1S/C14H21NO4/c1-10(9-14(2,15-3)13(16)17)19-12-7-5-6-11(8-12)18-4/h5-8,10,15H,9H2,1-4H3,(H,16,17). The van der Waals surface area contributed by atoms with Crippen LogP contribution in [0.5, 0.6) is 11.5 Å². The van der Waals surface area contributed by atoms with Crippen molar-refractivity contribution < 1.29 is 19.4 Å². The van der Waals surface area contributed by atoms with Gasteiger partial charge in [0.2, 0.25) is 0 Å². The Bertz CT molecular complexity index is 435. The van der Waals surface area contributed by atoms with E-state index in [2.05, 4.69) is 5.32 Å². The summed E-state index contributed by atoms with van der Waals surface area (Å²) in [6, 6.07) is 7.24. The zero-order valence-electron chi connectivity index (χ0n) is 11.8. The minimum atomic E-state index is -1.00. The first-order chi connectivity index (χ1) is 8.91. The topological polar surface area (TPSA) is 67.8 Å². The maximum absolute atomic E-state index is 11.2. The van der Waals surface area contributed by atoms with E-state index >= 15 is 0 Å². The van der Waals surface area contributed by atoms with E-state index in [4.69, 9.17) is 9.47 Å². The first-order valence-corrected chi connectivity index (χ1v) is 6.14. The number of aliphatic carboxylic acids is 1. The van der Waals surface area contributed by atoms with E-state index in [-0.39, 0.29) is 6.10 Å². The van der Waals surface area contributed by atoms with E-state index in [1.807, 2.05) is 25.1 Å². The van der Waals surface area contributed by atoms with Crippen molar-refractivity contribution in [1.82, 2.24) is 5.32 Å². The van der Waals surface area contributed by atoms with Crippen molar-refractivity contribution >= 4 is 5.97 Å². The van der Waals surface area contributed by atoms with Crippen LogP contribution in [-0.4, -0.2) is 36.9 Å². The first-order valence-electron chi connectivity index (χ1n) is 6.14. The normalized spacial score (nSPS) is 15.4. The van der Waals surface area contributed by atoms with Crippen molar-refractivity contribution in [1.29, 1.82) is 0 Å². The van der Waals surface area contributed by atoms with Gasteiger partial charge in [0.05, 0.1) is 13.2 Å². The summed E-state index contributed by atoms with van der Waals surface area (Å²) in [5, 5.41) is 12.0. The molecule has 2 atom stereocenters. The third-order valence-corrected chi connectivity index (χ3v) is 3.10. The Morgan fingerprint density at radius 3 is 2.63 bits per heavy atom. The lowest BCUT2D eigenvalue weighted by Crippen LogP contribution is -2.50. The maximum atomic E-state index is 11.2. The molecule has 0 aromatic heterocycles. The number of rotatable bonds is 7. The zero-order valence-corrected chi connectivity index (χ0v) is 11.8. The zero-order chi connectivity index (χ0) is 14.5. The number of carbonyl (C=O) groups is 1. The molecule has 0 amide bonds. The van der Waals surface area contributed by atoms with E-state index in [1.54, 1.807) is 27.1 Å². The van der Waals surface area contributed by atoms with Gasteiger partial charge in [-0.3, -0.25) is 4.79 Å². The number of hydrogen-bond donors (Lipinski definition) is 2.